The first-order valence-corrected chi connectivity index (χ1v) is 7.57. The molecule has 1 aliphatic heterocycles. The quantitative estimate of drug-likeness (QED) is 0.819. The van der Waals surface area contributed by atoms with Gasteiger partial charge in [-0.05, 0) is 12.1 Å². The van der Waals surface area contributed by atoms with E-state index in [1.165, 1.54) is 23.8 Å². The van der Waals surface area contributed by atoms with Crippen LogP contribution in [0, 0.1) is 0 Å². The van der Waals surface area contributed by atoms with Gasteiger partial charge in [-0.25, -0.2) is 0 Å². The fraction of sp³-hybridized carbons (Fsp3) is 0.357. The summed E-state index contributed by atoms with van der Waals surface area (Å²) in [6.45, 7) is -0.191. The number of thioether (sulfide) groups is 1. The molecular formula is C14H16N2O4S. The molecule has 21 heavy (non-hydrogen) atoms. The molecule has 2 rings (SSSR count). The third-order valence-corrected chi connectivity index (χ3v) is 4.11. The number of rotatable bonds is 4. The van der Waals surface area contributed by atoms with Crippen LogP contribution in [0.2, 0.25) is 0 Å². The van der Waals surface area contributed by atoms with Crippen molar-refractivity contribution < 1.29 is 19.1 Å². The summed E-state index contributed by atoms with van der Waals surface area (Å²) in [6.07, 6.45) is 0. The summed E-state index contributed by atoms with van der Waals surface area (Å²) >= 11 is 1.51. The highest BCUT2D eigenvalue weighted by Crippen LogP contribution is 2.23. The van der Waals surface area contributed by atoms with Gasteiger partial charge in [-0.2, -0.15) is 0 Å². The molecule has 0 radical (unpaired) electrons. The van der Waals surface area contributed by atoms with E-state index in [2.05, 4.69) is 10.1 Å². The van der Waals surface area contributed by atoms with Crippen LogP contribution in [0.25, 0.3) is 0 Å². The van der Waals surface area contributed by atoms with Gasteiger partial charge in [-0.3, -0.25) is 14.4 Å². The Balaban J connectivity index is 2.01. The highest BCUT2D eigenvalue weighted by molar-refractivity contribution is 7.99. The van der Waals surface area contributed by atoms with E-state index in [9.17, 15) is 14.4 Å². The average Bonchev–Trinajstić information content (AvgIpc) is 3.01. The topological polar surface area (TPSA) is 75.7 Å². The molecule has 7 heteroatoms. The van der Waals surface area contributed by atoms with Crippen LogP contribution in [-0.4, -0.2) is 54.0 Å². The van der Waals surface area contributed by atoms with Crippen LogP contribution in [-0.2, 0) is 14.3 Å². The Morgan fingerprint density at radius 1 is 1.33 bits per heavy atom. The lowest BCUT2D eigenvalue weighted by molar-refractivity contribution is -0.141. The third kappa shape index (κ3) is 3.75. The first kappa shape index (κ1) is 15.4. The molecule has 1 aromatic rings. The monoisotopic (exact) mass is 308 g/mol. The van der Waals surface area contributed by atoms with E-state index in [1.54, 1.807) is 24.3 Å². The molecule has 0 spiro atoms. The van der Waals surface area contributed by atoms with Crippen LogP contribution >= 0.6 is 11.8 Å². The number of methoxy groups -OCH3 is 1. The standard InChI is InChI=1S/C14H16N2O4S/c1-20-12(17)7-15-13(18)11-8-21-9-16(11)14(19)10-5-3-2-4-6-10/h2-6,11H,7-9H2,1H3,(H,15,18)/t11-/m0/s1. The van der Waals surface area contributed by atoms with Gasteiger partial charge in [0.25, 0.3) is 5.91 Å². The predicted molar refractivity (Wildman–Crippen MR) is 78.8 cm³/mol. The molecule has 0 aromatic heterocycles. The van der Waals surface area contributed by atoms with Crippen molar-refractivity contribution in [2.24, 2.45) is 0 Å². The lowest BCUT2D eigenvalue weighted by Crippen LogP contribution is -2.48. The molecule has 1 aliphatic rings. The second-order valence-corrected chi connectivity index (χ2v) is 5.45. The van der Waals surface area contributed by atoms with Crippen molar-refractivity contribution in [3.05, 3.63) is 35.9 Å². The summed E-state index contributed by atoms with van der Waals surface area (Å²) in [5.74, 6) is -0.0567. The summed E-state index contributed by atoms with van der Waals surface area (Å²) in [6, 6.07) is 8.26. The van der Waals surface area contributed by atoms with E-state index in [1.807, 2.05) is 6.07 Å². The molecular weight excluding hydrogens is 292 g/mol. The minimum Gasteiger partial charge on any atom is -0.468 e. The molecule has 1 heterocycles. The molecule has 0 aliphatic carbocycles. The van der Waals surface area contributed by atoms with E-state index in [4.69, 9.17) is 0 Å². The highest BCUT2D eigenvalue weighted by atomic mass is 32.2. The number of carbonyl (C=O) groups is 3. The Labute approximate surface area is 126 Å². The third-order valence-electron chi connectivity index (χ3n) is 3.10. The van der Waals surface area contributed by atoms with Crippen LogP contribution < -0.4 is 5.32 Å². The largest absolute Gasteiger partial charge is 0.468 e. The van der Waals surface area contributed by atoms with E-state index >= 15 is 0 Å². The number of benzene rings is 1. The Kier molecular flexibility index (Phi) is 5.21. The molecule has 1 aromatic carbocycles. The molecule has 0 unspecified atom stereocenters. The highest BCUT2D eigenvalue weighted by Gasteiger charge is 2.35. The molecule has 112 valence electrons. The fourth-order valence-electron chi connectivity index (χ4n) is 1.96. The molecule has 1 atom stereocenters. The maximum atomic E-state index is 12.4. The van der Waals surface area contributed by atoms with Gasteiger partial charge < -0.3 is 15.0 Å². The normalized spacial score (nSPS) is 17.4. The second kappa shape index (κ2) is 7.12. The first-order valence-electron chi connectivity index (χ1n) is 6.41. The van der Waals surface area contributed by atoms with Gasteiger partial charge in [0.05, 0.1) is 13.0 Å². The van der Waals surface area contributed by atoms with Gasteiger partial charge in [-0.1, -0.05) is 18.2 Å². The smallest absolute Gasteiger partial charge is 0.325 e. The summed E-state index contributed by atoms with van der Waals surface area (Å²) in [7, 11) is 1.26. The Morgan fingerprint density at radius 3 is 2.71 bits per heavy atom. The maximum absolute atomic E-state index is 12.4. The second-order valence-electron chi connectivity index (χ2n) is 4.45. The maximum Gasteiger partial charge on any atom is 0.325 e. The van der Waals surface area contributed by atoms with Crippen LogP contribution in [0.5, 0.6) is 0 Å². The van der Waals surface area contributed by atoms with Crippen molar-refractivity contribution in [1.82, 2.24) is 10.2 Å². The minimum atomic E-state index is -0.563. The van der Waals surface area contributed by atoms with Gasteiger partial charge >= 0.3 is 5.97 Å². The van der Waals surface area contributed by atoms with Crippen molar-refractivity contribution in [2.45, 2.75) is 6.04 Å². The fourth-order valence-corrected chi connectivity index (χ4v) is 3.11. The summed E-state index contributed by atoms with van der Waals surface area (Å²) in [5, 5.41) is 2.49. The van der Waals surface area contributed by atoms with Crippen LogP contribution in [0.4, 0.5) is 0 Å². The zero-order valence-corrected chi connectivity index (χ0v) is 12.4. The molecule has 1 saturated heterocycles. The molecule has 1 N–H and O–H groups in total. The van der Waals surface area contributed by atoms with Crippen molar-refractivity contribution in [3.63, 3.8) is 0 Å². The molecule has 1 fully saturated rings. The van der Waals surface area contributed by atoms with Crippen LogP contribution in [0.3, 0.4) is 0 Å². The zero-order chi connectivity index (χ0) is 15.2. The molecule has 2 amide bonds. The van der Waals surface area contributed by atoms with Crippen molar-refractivity contribution in [2.75, 3.05) is 25.3 Å². The minimum absolute atomic E-state index is 0.182. The lowest BCUT2D eigenvalue weighted by Gasteiger charge is -2.22. The Hall–Kier alpha value is -2.02. The summed E-state index contributed by atoms with van der Waals surface area (Å²) < 4.78 is 4.47. The lowest BCUT2D eigenvalue weighted by atomic mass is 10.1. The van der Waals surface area contributed by atoms with E-state index in [-0.39, 0.29) is 18.4 Å². The number of nitrogens with zero attached hydrogens (tertiary/aromatic N) is 1. The van der Waals surface area contributed by atoms with E-state index in [0.29, 0.717) is 17.2 Å². The number of esters is 1. The zero-order valence-electron chi connectivity index (χ0n) is 11.6. The van der Waals surface area contributed by atoms with E-state index < -0.39 is 12.0 Å². The number of amides is 2. The van der Waals surface area contributed by atoms with E-state index in [0.717, 1.165) is 0 Å². The first-order chi connectivity index (χ1) is 10.1. The molecule has 0 saturated carbocycles. The van der Waals surface area contributed by atoms with Gasteiger partial charge in [0.15, 0.2) is 0 Å². The number of nitrogens with one attached hydrogen (secondary N) is 1. The summed E-state index contributed by atoms with van der Waals surface area (Å²) in [4.78, 5) is 37.0. The number of hydrogen-bond acceptors (Lipinski definition) is 5. The van der Waals surface area contributed by atoms with Crippen molar-refractivity contribution in [3.8, 4) is 0 Å². The Bertz CT molecular complexity index is 535. The number of ether oxygens (including phenoxy) is 1. The summed E-state index contributed by atoms with van der Waals surface area (Å²) in [5.41, 5.74) is 0.547. The van der Waals surface area contributed by atoms with Crippen LogP contribution in [0.1, 0.15) is 10.4 Å². The number of carbonyl (C=O) groups excluding carboxylic acids is 3. The average molecular weight is 308 g/mol. The Morgan fingerprint density at radius 2 is 2.05 bits per heavy atom. The van der Waals surface area contributed by atoms with Gasteiger partial charge in [0.1, 0.15) is 12.6 Å². The van der Waals surface area contributed by atoms with Gasteiger partial charge in [0.2, 0.25) is 5.91 Å². The SMILES string of the molecule is COC(=O)CNC(=O)[C@@H]1CSCN1C(=O)c1ccccc1. The number of hydrogen-bond donors (Lipinski definition) is 1. The predicted octanol–water partition coefficient (Wildman–Crippen LogP) is 0.491. The van der Waals surface area contributed by atoms with Crippen molar-refractivity contribution >= 4 is 29.5 Å². The van der Waals surface area contributed by atoms with Gasteiger partial charge in [0, 0.05) is 11.3 Å². The van der Waals surface area contributed by atoms with Crippen LogP contribution in [0.15, 0.2) is 30.3 Å². The van der Waals surface area contributed by atoms with Crippen molar-refractivity contribution in [1.29, 1.82) is 0 Å². The molecule has 0 bridgehead atoms. The molecule has 6 nitrogen and oxygen atoms in total. The van der Waals surface area contributed by atoms with Gasteiger partial charge in [-0.15, -0.1) is 11.8 Å².